The van der Waals surface area contributed by atoms with Crippen LogP contribution >= 0.6 is 0 Å². The van der Waals surface area contributed by atoms with Gasteiger partial charge in [-0.25, -0.2) is 17.2 Å². The van der Waals surface area contributed by atoms with Gasteiger partial charge >= 0.3 is 5.97 Å². The number of methoxy groups -OCH3 is 1. The molecule has 8 nitrogen and oxygen atoms in total. The maximum atomic E-state index is 12.4. The first-order valence-electron chi connectivity index (χ1n) is 5.63. The van der Waals surface area contributed by atoms with Crippen molar-refractivity contribution < 1.29 is 22.9 Å². The first-order chi connectivity index (χ1) is 9.87. The lowest BCUT2D eigenvalue weighted by atomic mass is 10.3. The highest BCUT2D eigenvalue weighted by Crippen LogP contribution is 2.20. The van der Waals surface area contributed by atoms with Crippen LogP contribution in [0.2, 0.25) is 0 Å². The van der Waals surface area contributed by atoms with E-state index in [1.807, 2.05) is 0 Å². The van der Waals surface area contributed by atoms with Crippen molar-refractivity contribution in [3.8, 4) is 0 Å². The lowest BCUT2D eigenvalue weighted by Crippen LogP contribution is -2.18. The summed E-state index contributed by atoms with van der Waals surface area (Å²) in [6, 6.07) is 7.05. The molecular weight excluding hydrogens is 300 g/mol. The van der Waals surface area contributed by atoms with Crippen LogP contribution in [0.4, 0.5) is 5.69 Å². The summed E-state index contributed by atoms with van der Waals surface area (Å²) >= 11 is 0. The second-order valence-electron chi connectivity index (χ2n) is 3.94. The molecule has 21 heavy (non-hydrogen) atoms. The normalized spacial score (nSPS) is 11.1. The molecule has 0 saturated carbocycles. The van der Waals surface area contributed by atoms with Gasteiger partial charge in [-0.15, -0.1) is 0 Å². The minimum Gasteiger partial charge on any atom is -0.464 e. The number of rotatable bonds is 4. The third kappa shape index (κ3) is 2.63. The molecule has 9 heteroatoms. The fourth-order valence-corrected chi connectivity index (χ4v) is 3.02. The number of carbonyl (C=O) groups excluding carboxylic acids is 1. The fraction of sp³-hybridized carbons (Fsp3) is 0.0833. The van der Waals surface area contributed by atoms with E-state index in [0.717, 1.165) is 35.3 Å². The number of esters is 1. The smallest absolute Gasteiger partial charge is 0.355 e. The molecule has 110 valence electrons. The molecule has 0 amide bonds. The number of benzene rings is 1. The molecule has 1 aromatic carbocycles. The number of hydrogen-bond donors (Lipinski definition) is 0. The largest absolute Gasteiger partial charge is 0.464 e. The molecule has 0 unspecified atom stereocenters. The van der Waals surface area contributed by atoms with Gasteiger partial charge < -0.3 is 4.74 Å². The Hall–Kier alpha value is -2.68. The molecule has 0 atom stereocenters. The van der Waals surface area contributed by atoms with Crippen LogP contribution < -0.4 is 0 Å². The number of ether oxygens (including phenoxy) is 1. The minimum absolute atomic E-state index is 0.157. The first-order valence-corrected chi connectivity index (χ1v) is 7.07. The zero-order valence-electron chi connectivity index (χ0n) is 10.8. The van der Waals surface area contributed by atoms with Crippen LogP contribution in [0.3, 0.4) is 0 Å². The second kappa shape index (κ2) is 5.37. The van der Waals surface area contributed by atoms with E-state index < -0.39 is 20.9 Å². The predicted molar refractivity (Wildman–Crippen MR) is 71.5 cm³/mol. The summed E-state index contributed by atoms with van der Waals surface area (Å²) in [7, 11) is -2.89. The number of aromatic nitrogens is 1. The van der Waals surface area contributed by atoms with Gasteiger partial charge in [0.2, 0.25) is 0 Å². The van der Waals surface area contributed by atoms with Crippen LogP contribution in [0, 0.1) is 10.1 Å². The first kappa shape index (κ1) is 14.7. The van der Waals surface area contributed by atoms with Crippen molar-refractivity contribution in [1.82, 2.24) is 3.97 Å². The van der Waals surface area contributed by atoms with E-state index in [4.69, 9.17) is 0 Å². The highest BCUT2D eigenvalue weighted by atomic mass is 32.2. The van der Waals surface area contributed by atoms with E-state index in [1.54, 1.807) is 0 Å². The lowest BCUT2D eigenvalue weighted by molar-refractivity contribution is -0.384. The molecule has 0 spiro atoms. The topological polar surface area (TPSA) is 109 Å². The Balaban J connectivity index is 2.50. The van der Waals surface area contributed by atoms with Crippen molar-refractivity contribution in [2.75, 3.05) is 7.11 Å². The maximum absolute atomic E-state index is 12.4. The van der Waals surface area contributed by atoms with Gasteiger partial charge in [0.25, 0.3) is 15.7 Å². The molecule has 2 aromatic rings. The third-order valence-corrected chi connectivity index (χ3v) is 4.42. The number of non-ortho nitro benzene ring substituents is 1. The Kier molecular flexibility index (Phi) is 3.76. The van der Waals surface area contributed by atoms with Crippen molar-refractivity contribution in [3.63, 3.8) is 0 Å². The highest BCUT2D eigenvalue weighted by Gasteiger charge is 2.23. The molecule has 0 radical (unpaired) electrons. The number of carbonyl (C=O) groups is 1. The maximum Gasteiger partial charge on any atom is 0.355 e. The van der Waals surface area contributed by atoms with Gasteiger partial charge in [-0.2, -0.15) is 0 Å². The second-order valence-corrected chi connectivity index (χ2v) is 5.75. The van der Waals surface area contributed by atoms with Crippen LogP contribution in [0.5, 0.6) is 0 Å². The lowest BCUT2D eigenvalue weighted by Gasteiger charge is -2.09. The van der Waals surface area contributed by atoms with Gasteiger partial charge in [-0.05, 0) is 24.3 Å². The standard InChI is InChI=1S/C12H10N2O6S/c1-20-12(15)11-3-2-8-13(11)21(18,19)10-6-4-9(5-7-10)14(16)17/h2-8H,1H3. The van der Waals surface area contributed by atoms with Gasteiger partial charge in [0.1, 0.15) is 5.69 Å². The van der Waals surface area contributed by atoms with Crippen molar-refractivity contribution in [2.24, 2.45) is 0 Å². The van der Waals surface area contributed by atoms with Gasteiger partial charge in [0, 0.05) is 18.3 Å². The molecule has 0 fully saturated rings. The molecule has 0 aliphatic rings. The SMILES string of the molecule is COC(=O)c1cccn1S(=O)(=O)c1ccc([N+](=O)[O-])cc1. The number of nitro benzene ring substituents is 1. The van der Waals surface area contributed by atoms with E-state index in [9.17, 15) is 23.3 Å². The summed E-state index contributed by atoms with van der Waals surface area (Å²) in [5.74, 6) is -0.800. The Morgan fingerprint density at radius 1 is 1.24 bits per heavy atom. The summed E-state index contributed by atoms with van der Waals surface area (Å²) in [5.41, 5.74) is -0.384. The number of nitro groups is 1. The van der Waals surface area contributed by atoms with E-state index in [0.29, 0.717) is 0 Å². The number of nitrogens with zero attached hydrogens (tertiary/aromatic N) is 2. The molecule has 0 bridgehead atoms. The fourth-order valence-electron chi connectivity index (χ4n) is 1.69. The molecule has 2 rings (SSSR count). The molecule has 1 heterocycles. The Labute approximate surface area is 119 Å². The summed E-state index contributed by atoms with van der Waals surface area (Å²) < 4.78 is 30.1. The molecule has 0 N–H and O–H groups in total. The summed E-state index contributed by atoms with van der Waals surface area (Å²) in [6.07, 6.45) is 1.20. The van der Waals surface area contributed by atoms with Crippen LogP contribution in [-0.4, -0.2) is 30.4 Å². The van der Waals surface area contributed by atoms with Gasteiger partial charge in [0.15, 0.2) is 0 Å². The summed E-state index contributed by atoms with van der Waals surface area (Å²) in [6.45, 7) is 0. The van der Waals surface area contributed by atoms with Gasteiger partial charge in [-0.1, -0.05) is 0 Å². The zero-order chi connectivity index (χ0) is 15.6. The summed E-state index contributed by atoms with van der Waals surface area (Å²) in [4.78, 5) is 21.3. The van der Waals surface area contributed by atoms with Crippen molar-refractivity contribution in [1.29, 1.82) is 0 Å². The molecule has 0 saturated heterocycles. The molecule has 0 aliphatic heterocycles. The van der Waals surface area contributed by atoms with Crippen LogP contribution in [0.15, 0.2) is 47.5 Å². The van der Waals surface area contributed by atoms with Crippen molar-refractivity contribution >= 4 is 21.7 Å². The van der Waals surface area contributed by atoms with E-state index in [2.05, 4.69) is 4.74 Å². The predicted octanol–water partition coefficient (Wildman–Crippen LogP) is 1.42. The zero-order valence-corrected chi connectivity index (χ0v) is 11.6. The van der Waals surface area contributed by atoms with Gasteiger partial charge in [-0.3, -0.25) is 10.1 Å². The Morgan fingerprint density at radius 3 is 2.38 bits per heavy atom. The third-order valence-electron chi connectivity index (χ3n) is 2.71. The monoisotopic (exact) mass is 310 g/mol. The molecule has 0 aliphatic carbocycles. The summed E-state index contributed by atoms with van der Waals surface area (Å²) in [5, 5.41) is 10.6. The average Bonchev–Trinajstić information content (AvgIpc) is 2.96. The average molecular weight is 310 g/mol. The molecular formula is C12H10N2O6S. The van der Waals surface area contributed by atoms with E-state index in [-0.39, 0.29) is 16.3 Å². The van der Waals surface area contributed by atoms with Crippen LogP contribution in [-0.2, 0) is 14.8 Å². The van der Waals surface area contributed by atoms with Crippen molar-refractivity contribution in [2.45, 2.75) is 4.90 Å². The van der Waals surface area contributed by atoms with Gasteiger partial charge in [0.05, 0.1) is 16.9 Å². The van der Waals surface area contributed by atoms with E-state index in [1.165, 1.54) is 18.3 Å². The van der Waals surface area contributed by atoms with Crippen molar-refractivity contribution in [3.05, 3.63) is 58.4 Å². The highest BCUT2D eigenvalue weighted by molar-refractivity contribution is 7.90. The quantitative estimate of drug-likeness (QED) is 0.480. The Morgan fingerprint density at radius 2 is 1.86 bits per heavy atom. The number of hydrogen-bond acceptors (Lipinski definition) is 6. The van der Waals surface area contributed by atoms with Crippen LogP contribution in [0.25, 0.3) is 0 Å². The van der Waals surface area contributed by atoms with Crippen LogP contribution in [0.1, 0.15) is 10.5 Å². The Bertz CT molecular complexity index is 791. The minimum atomic E-state index is -4.03. The molecule has 1 aromatic heterocycles. The van der Waals surface area contributed by atoms with E-state index >= 15 is 0 Å².